The Morgan fingerprint density at radius 1 is 1.00 bits per heavy atom. The van der Waals surface area contributed by atoms with Crippen LogP contribution in [0.4, 0.5) is 16.5 Å². The zero-order valence-electron chi connectivity index (χ0n) is 25.1. The molecule has 0 aliphatic rings. The van der Waals surface area contributed by atoms with Crippen LogP contribution in [0, 0.1) is 17.4 Å². The van der Waals surface area contributed by atoms with Crippen LogP contribution in [0.5, 0.6) is 11.5 Å². The Hall–Kier alpha value is -4.46. The molecule has 1 aromatic heterocycles. The van der Waals surface area contributed by atoms with Gasteiger partial charge < -0.3 is 20.1 Å². The fraction of sp³-hybridized carbons (Fsp3) is 0.118. The molecule has 234 valence electrons. The third-order valence-electron chi connectivity index (χ3n) is 6.68. The molecule has 0 unspecified atom stereocenters. The predicted molar refractivity (Wildman–Crippen MR) is 193 cm³/mol. The quantitative estimate of drug-likeness (QED) is 0.0710. The predicted octanol–water partition coefficient (Wildman–Crippen LogP) is 8.22. The molecule has 0 aliphatic carbocycles. The molecular formula is C34H29ClIN5O4S. The number of amides is 2. The minimum atomic E-state index is -0.356. The first-order valence-electron chi connectivity index (χ1n) is 14.0. The normalized spacial score (nSPS) is 10.9. The molecule has 0 spiro atoms. The lowest BCUT2D eigenvalue weighted by Crippen LogP contribution is -2.20. The van der Waals surface area contributed by atoms with E-state index in [-0.39, 0.29) is 18.4 Å². The lowest BCUT2D eigenvalue weighted by molar-refractivity contribution is -0.118. The molecule has 0 saturated heterocycles. The van der Waals surface area contributed by atoms with Crippen molar-refractivity contribution in [3.05, 3.63) is 115 Å². The van der Waals surface area contributed by atoms with Crippen LogP contribution in [0.15, 0.2) is 89.3 Å². The molecule has 5 aromatic rings. The largest absolute Gasteiger partial charge is 0.493 e. The molecule has 4 aromatic carbocycles. The van der Waals surface area contributed by atoms with Gasteiger partial charge in [-0.05, 0) is 96.1 Å². The van der Waals surface area contributed by atoms with E-state index in [9.17, 15) is 9.59 Å². The number of methoxy groups -OCH3 is 1. The fourth-order valence-corrected chi connectivity index (χ4v) is 5.91. The molecule has 5 rings (SSSR count). The van der Waals surface area contributed by atoms with Crippen LogP contribution in [0.1, 0.15) is 27.0 Å². The number of aromatic nitrogens is 1. The van der Waals surface area contributed by atoms with Crippen molar-refractivity contribution in [1.29, 1.82) is 0 Å². The highest BCUT2D eigenvalue weighted by Crippen LogP contribution is 2.34. The summed E-state index contributed by atoms with van der Waals surface area (Å²) in [4.78, 5) is 29.9. The van der Waals surface area contributed by atoms with E-state index in [1.807, 2.05) is 61.7 Å². The third-order valence-corrected chi connectivity index (χ3v) is 8.65. The van der Waals surface area contributed by atoms with E-state index in [2.05, 4.69) is 48.7 Å². The van der Waals surface area contributed by atoms with Crippen molar-refractivity contribution < 1.29 is 19.1 Å². The van der Waals surface area contributed by atoms with E-state index in [1.54, 1.807) is 36.4 Å². The lowest BCUT2D eigenvalue weighted by atomic mass is 10.1. The number of nitrogens with zero attached hydrogens (tertiary/aromatic N) is 2. The van der Waals surface area contributed by atoms with Gasteiger partial charge in [0, 0.05) is 32.9 Å². The first kappa shape index (κ1) is 32.9. The first-order chi connectivity index (χ1) is 22.2. The zero-order chi connectivity index (χ0) is 32.6. The van der Waals surface area contributed by atoms with Crippen molar-refractivity contribution in [3.8, 4) is 22.8 Å². The Kier molecular flexibility index (Phi) is 10.9. The highest BCUT2D eigenvalue weighted by molar-refractivity contribution is 14.1. The van der Waals surface area contributed by atoms with E-state index in [4.69, 9.17) is 21.1 Å². The maximum atomic E-state index is 12.7. The molecule has 3 N–H and O–H groups in total. The fourth-order valence-electron chi connectivity index (χ4n) is 4.21. The summed E-state index contributed by atoms with van der Waals surface area (Å²) < 4.78 is 12.0. The first-order valence-corrected chi connectivity index (χ1v) is 16.3. The average molecular weight is 766 g/mol. The number of hydrazone groups is 1. The van der Waals surface area contributed by atoms with Gasteiger partial charge in [-0.25, -0.2) is 10.4 Å². The van der Waals surface area contributed by atoms with Gasteiger partial charge >= 0.3 is 0 Å². The molecule has 0 aliphatic heterocycles. The topological polar surface area (TPSA) is 114 Å². The van der Waals surface area contributed by atoms with Crippen molar-refractivity contribution in [1.82, 2.24) is 10.4 Å². The summed E-state index contributed by atoms with van der Waals surface area (Å²) in [5.41, 5.74) is 9.06. The highest BCUT2D eigenvalue weighted by atomic mass is 127. The molecule has 1 heterocycles. The molecule has 9 nitrogen and oxygen atoms in total. The van der Waals surface area contributed by atoms with Gasteiger partial charge in [0.15, 0.2) is 23.2 Å². The van der Waals surface area contributed by atoms with Gasteiger partial charge in [-0.3, -0.25) is 9.59 Å². The molecule has 2 amide bonds. The zero-order valence-corrected chi connectivity index (χ0v) is 28.8. The summed E-state index contributed by atoms with van der Waals surface area (Å²) in [6, 6.07) is 24.1. The number of anilines is 3. The molecule has 12 heteroatoms. The average Bonchev–Trinajstić information content (AvgIpc) is 3.51. The highest BCUT2D eigenvalue weighted by Gasteiger charge is 2.14. The summed E-state index contributed by atoms with van der Waals surface area (Å²) in [7, 11) is 1.51. The molecular weight excluding hydrogens is 737 g/mol. The number of halogens is 2. The maximum absolute atomic E-state index is 12.7. The number of carbonyl (C=O) groups excluding carboxylic acids is 2. The number of thiazole rings is 1. The molecule has 0 saturated carbocycles. The Morgan fingerprint density at radius 3 is 2.46 bits per heavy atom. The minimum Gasteiger partial charge on any atom is -0.493 e. The van der Waals surface area contributed by atoms with Crippen LogP contribution in [0.3, 0.4) is 0 Å². The van der Waals surface area contributed by atoms with Crippen molar-refractivity contribution in [2.45, 2.75) is 13.8 Å². The number of carbonyl (C=O) groups is 2. The smallest absolute Gasteiger partial charge is 0.271 e. The summed E-state index contributed by atoms with van der Waals surface area (Å²) in [5.74, 6) is 0.135. The van der Waals surface area contributed by atoms with Crippen molar-refractivity contribution >= 4 is 80.1 Å². The van der Waals surface area contributed by atoms with E-state index in [0.29, 0.717) is 36.9 Å². The van der Waals surface area contributed by atoms with Gasteiger partial charge in [-0.1, -0.05) is 47.5 Å². The van der Waals surface area contributed by atoms with Crippen molar-refractivity contribution in [2.24, 2.45) is 5.10 Å². The van der Waals surface area contributed by atoms with E-state index in [1.165, 1.54) is 30.2 Å². The summed E-state index contributed by atoms with van der Waals surface area (Å²) in [5, 5.41) is 13.5. The van der Waals surface area contributed by atoms with Crippen LogP contribution >= 0.6 is 45.5 Å². The number of aryl methyl sites for hydroxylation is 2. The SMILES string of the molecule is COc1cc(/C=N/NC(=O)c2ccc(-c3csc(Nc4ccc(C)cc4)n3)cc2)cc(I)c1OCC(=O)Nc1ccc(C)c(Cl)c1. The molecule has 0 radical (unpaired) electrons. The monoisotopic (exact) mass is 765 g/mol. The second-order valence-corrected chi connectivity index (χ2v) is 12.6. The van der Waals surface area contributed by atoms with Gasteiger partial charge in [-0.2, -0.15) is 5.10 Å². The van der Waals surface area contributed by atoms with Gasteiger partial charge in [0.1, 0.15) is 0 Å². The Labute approximate surface area is 289 Å². The molecule has 46 heavy (non-hydrogen) atoms. The third kappa shape index (κ3) is 8.62. The van der Waals surface area contributed by atoms with Gasteiger partial charge in [0.05, 0.1) is 22.6 Å². The summed E-state index contributed by atoms with van der Waals surface area (Å²) >= 11 is 9.75. The number of hydrogen-bond acceptors (Lipinski definition) is 8. The second kappa shape index (κ2) is 15.2. The standard InChI is InChI=1S/C34H29ClIN5O4S/c1-20-4-11-25(12-5-20)39-34-40-29(19-46-34)23-7-9-24(10-8-23)33(43)41-37-17-22-14-28(36)32(30(15-22)44-3)45-18-31(42)38-26-13-6-21(2)27(35)16-26/h4-17,19H,18H2,1-3H3,(H,38,42)(H,39,40)(H,41,43)/b37-17+. The van der Waals surface area contributed by atoms with Gasteiger partial charge in [-0.15, -0.1) is 11.3 Å². The van der Waals surface area contributed by atoms with Crippen molar-refractivity contribution in [2.75, 3.05) is 24.4 Å². The van der Waals surface area contributed by atoms with E-state index < -0.39 is 0 Å². The number of rotatable bonds is 11. The molecule has 0 bridgehead atoms. The molecule has 0 fully saturated rings. The molecule has 0 atom stereocenters. The van der Waals surface area contributed by atoms with Crippen LogP contribution in [0.25, 0.3) is 11.3 Å². The van der Waals surface area contributed by atoms with Crippen LogP contribution in [0.2, 0.25) is 5.02 Å². The number of ether oxygens (including phenoxy) is 2. The maximum Gasteiger partial charge on any atom is 0.271 e. The lowest BCUT2D eigenvalue weighted by Gasteiger charge is -2.14. The van der Waals surface area contributed by atoms with Crippen LogP contribution in [-0.4, -0.2) is 36.7 Å². The summed E-state index contributed by atoms with van der Waals surface area (Å²) in [6.07, 6.45) is 1.51. The van der Waals surface area contributed by atoms with Gasteiger partial charge in [0.25, 0.3) is 11.8 Å². The Balaban J connectivity index is 1.15. The van der Waals surface area contributed by atoms with Gasteiger partial charge in [0.2, 0.25) is 0 Å². The Bertz CT molecular complexity index is 1900. The second-order valence-electron chi connectivity index (χ2n) is 10.1. The van der Waals surface area contributed by atoms with Crippen molar-refractivity contribution in [3.63, 3.8) is 0 Å². The number of benzene rings is 4. The van der Waals surface area contributed by atoms with E-state index >= 15 is 0 Å². The number of nitrogens with one attached hydrogen (secondary N) is 3. The van der Waals surface area contributed by atoms with Crippen LogP contribution in [-0.2, 0) is 4.79 Å². The summed E-state index contributed by atoms with van der Waals surface area (Å²) in [6.45, 7) is 3.71. The van der Waals surface area contributed by atoms with E-state index in [0.717, 1.165) is 27.6 Å². The minimum absolute atomic E-state index is 0.228. The Morgan fingerprint density at radius 2 is 1.74 bits per heavy atom. The van der Waals surface area contributed by atoms with Crippen LogP contribution < -0.4 is 25.5 Å². The number of hydrogen-bond donors (Lipinski definition) is 3.